The Morgan fingerprint density at radius 1 is 1.28 bits per heavy atom. The monoisotopic (exact) mass is 243 g/mol. The molecular weight excluding hydrogens is 222 g/mol. The van der Waals surface area contributed by atoms with Crippen LogP contribution in [0.5, 0.6) is 0 Å². The molecule has 2 N–H and O–H groups in total. The zero-order valence-corrected chi connectivity index (χ0v) is 11.4. The van der Waals surface area contributed by atoms with Gasteiger partial charge in [0.15, 0.2) is 0 Å². The van der Waals surface area contributed by atoms with E-state index < -0.39 is 0 Å². The lowest BCUT2D eigenvalue weighted by atomic mass is 10.1. The first-order valence-electron chi connectivity index (χ1n) is 6.55. The highest BCUT2D eigenvalue weighted by atomic mass is 15.2. The summed E-state index contributed by atoms with van der Waals surface area (Å²) in [6, 6.07) is 8.48. The molecular formula is C15H21N3. The highest BCUT2D eigenvalue weighted by Gasteiger charge is 2.14. The second kappa shape index (κ2) is 5.25. The molecule has 0 fully saturated rings. The molecule has 1 aromatic heterocycles. The molecule has 0 unspecified atom stereocenters. The van der Waals surface area contributed by atoms with Crippen LogP contribution in [-0.2, 0) is 0 Å². The lowest BCUT2D eigenvalue weighted by Crippen LogP contribution is -2.31. The van der Waals surface area contributed by atoms with Gasteiger partial charge in [0, 0.05) is 29.9 Å². The summed E-state index contributed by atoms with van der Waals surface area (Å²) in [5.41, 5.74) is 8.99. The number of nitrogens with two attached hydrogens (primary N) is 1. The van der Waals surface area contributed by atoms with Crippen LogP contribution in [0.25, 0.3) is 10.9 Å². The Labute approximate surface area is 109 Å². The predicted molar refractivity (Wildman–Crippen MR) is 78.9 cm³/mol. The van der Waals surface area contributed by atoms with E-state index in [4.69, 9.17) is 5.73 Å². The van der Waals surface area contributed by atoms with Crippen LogP contribution in [-0.4, -0.2) is 17.6 Å². The van der Waals surface area contributed by atoms with Gasteiger partial charge in [-0.15, -0.1) is 0 Å². The average Bonchev–Trinajstić information content (AvgIpc) is 2.37. The molecule has 0 aliphatic carbocycles. The first-order chi connectivity index (χ1) is 8.65. The minimum Gasteiger partial charge on any atom is -0.398 e. The van der Waals surface area contributed by atoms with Gasteiger partial charge >= 0.3 is 0 Å². The molecule has 0 aliphatic rings. The summed E-state index contributed by atoms with van der Waals surface area (Å²) in [5.74, 6) is 0. The highest BCUT2D eigenvalue weighted by molar-refractivity contribution is 5.98. The van der Waals surface area contributed by atoms with Crippen LogP contribution >= 0.6 is 0 Å². The number of fused-ring (bicyclic) bond motifs is 1. The van der Waals surface area contributed by atoms with Crippen LogP contribution < -0.4 is 10.6 Å². The van der Waals surface area contributed by atoms with Gasteiger partial charge in [-0.2, -0.15) is 0 Å². The summed E-state index contributed by atoms with van der Waals surface area (Å²) in [6.07, 6.45) is 2.95. The third kappa shape index (κ3) is 2.26. The lowest BCUT2D eigenvalue weighted by molar-refractivity contribution is 0.673. The SMILES string of the molecule is CCCN(c1ccc(N)c2cccnc12)C(C)C. The molecule has 2 rings (SSSR count). The lowest BCUT2D eigenvalue weighted by Gasteiger charge is -2.29. The van der Waals surface area contributed by atoms with E-state index in [9.17, 15) is 0 Å². The zero-order chi connectivity index (χ0) is 13.1. The molecule has 0 atom stereocenters. The van der Waals surface area contributed by atoms with Crippen molar-refractivity contribution in [1.29, 1.82) is 0 Å². The molecule has 0 bridgehead atoms. The Morgan fingerprint density at radius 2 is 2.06 bits per heavy atom. The van der Waals surface area contributed by atoms with E-state index in [-0.39, 0.29) is 0 Å². The fourth-order valence-electron chi connectivity index (χ4n) is 2.31. The van der Waals surface area contributed by atoms with Crippen LogP contribution in [0.2, 0.25) is 0 Å². The number of anilines is 2. The molecule has 0 amide bonds. The number of pyridine rings is 1. The molecule has 3 nitrogen and oxygen atoms in total. The molecule has 2 aromatic rings. The van der Waals surface area contributed by atoms with Crippen LogP contribution in [0.15, 0.2) is 30.5 Å². The molecule has 3 heteroatoms. The second-order valence-electron chi connectivity index (χ2n) is 4.86. The van der Waals surface area contributed by atoms with Crippen molar-refractivity contribution in [3.8, 4) is 0 Å². The Kier molecular flexibility index (Phi) is 3.70. The standard InChI is InChI=1S/C15H21N3/c1-4-10-18(11(2)3)14-8-7-13(16)12-6-5-9-17-15(12)14/h5-9,11H,4,10,16H2,1-3H3. The summed E-state index contributed by atoms with van der Waals surface area (Å²) in [6.45, 7) is 7.65. The number of hydrogen-bond acceptors (Lipinski definition) is 3. The van der Waals surface area contributed by atoms with Crippen LogP contribution in [0.3, 0.4) is 0 Å². The van der Waals surface area contributed by atoms with Crippen molar-refractivity contribution in [3.05, 3.63) is 30.5 Å². The predicted octanol–water partition coefficient (Wildman–Crippen LogP) is 3.44. The maximum absolute atomic E-state index is 6.02. The summed E-state index contributed by atoms with van der Waals surface area (Å²) < 4.78 is 0. The van der Waals surface area contributed by atoms with Crippen molar-refractivity contribution in [3.63, 3.8) is 0 Å². The zero-order valence-electron chi connectivity index (χ0n) is 11.4. The highest BCUT2D eigenvalue weighted by Crippen LogP contribution is 2.30. The number of benzene rings is 1. The third-order valence-corrected chi connectivity index (χ3v) is 3.18. The fraction of sp³-hybridized carbons (Fsp3) is 0.400. The number of nitrogen functional groups attached to an aromatic ring is 1. The van der Waals surface area contributed by atoms with Crippen LogP contribution in [0.1, 0.15) is 27.2 Å². The topological polar surface area (TPSA) is 42.1 Å². The number of nitrogens with zero attached hydrogens (tertiary/aromatic N) is 2. The van der Waals surface area contributed by atoms with E-state index in [0.717, 1.165) is 29.6 Å². The molecule has 0 saturated heterocycles. The second-order valence-corrected chi connectivity index (χ2v) is 4.86. The summed E-state index contributed by atoms with van der Waals surface area (Å²) >= 11 is 0. The molecule has 96 valence electrons. The summed E-state index contributed by atoms with van der Waals surface area (Å²) in [7, 11) is 0. The maximum Gasteiger partial charge on any atom is 0.0956 e. The van der Waals surface area contributed by atoms with Gasteiger partial charge in [0.05, 0.1) is 11.2 Å². The largest absolute Gasteiger partial charge is 0.398 e. The molecule has 0 spiro atoms. The third-order valence-electron chi connectivity index (χ3n) is 3.18. The molecule has 1 heterocycles. The number of aromatic nitrogens is 1. The van der Waals surface area contributed by atoms with Gasteiger partial charge < -0.3 is 10.6 Å². The van der Waals surface area contributed by atoms with Crippen LogP contribution in [0.4, 0.5) is 11.4 Å². The van der Waals surface area contributed by atoms with Gasteiger partial charge in [0.1, 0.15) is 0 Å². The number of rotatable bonds is 4. The van der Waals surface area contributed by atoms with Gasteiger partial charge in [-0.1, -0.05) is 6.92 Å². The first-order valence-corrected chi connectivity index (χ1v) is 6.55. The van der Waals surface area contributed by atoms with E-state index >= 15 is 0 Å². The van der Waals surface area contributed by atoms with E-state index in [2.05, 4.69) is 36.7 Å². The Hall–Kier alpha value is -1.77. The molecule has 1 aromatic carbocycles. The van der Waals surface area contributed by atoms with Crippen molar-refractivity contribution in [2.75, 3.05) is 17.2 Å². The van der Waals surface area contributed by atoms with Gasteiger partial charge in [0.2, 0.25) is 0 Å². The van der Waals surface area contributed by atoms with Gasteiger partial charge in [-0.25, -0.2) is 0 Å². The van der Waals surface area contributed by atoms with Crippen LogP contribution in [0, 0.1) is 0 Å². The average molecular weight is 243 g/mol. The van der Waals surface area contributed by atoms with Crippen molar-refractivity contribution >= 4 is 22.3 Å². The first kappa shape index (κ1) is 12.7. The van der Waals surface area contributed by atoms with Gasteiger partial charge in [0.25, 0.3) is 0 Å². The summed E-state index contributed by atoms with van der Waals surface area (Å²) in [5, 5.41) is 1.04. The Bertz CT molecular complexity index is 534. The van der Waals surface area contributed by atoms with Crippen molar-refractivity contribution in [2.45, 2.75) is 33.2 Å². The van der Waals surface area contributed by atoms with E-state index in [0.29, 0.717) is 6.04 Å². The van der Waals surface area contributed by atoms with E-state index in [1.165, 1.54) is 5.69 Å². The van der Waals surface area contributed by atoms with Gasteiger partial charge in [-0.3, -0.25) is 4.98 Å². The summed E-state index contributed by atoms with van der Waals surface area (Å²) in [4.78, 5) is 6.89. The molecule has 0 aliphatic heterocycles. The Balaban J connectivity index is 2.59. The molecule has 0 radical (unpaired) electrons. The van der Waals surface area contributed by atoms with Crippen molar-refractivity contribution in [2.24, 2.45) is 0 Å². The molecule has 18 heavy (non-hydrogen) atoms. The maximum atomic E-state index is 6.02. The molecule has 0 saturated carbocycles. The van der Waals surface area contributed by atoms with E-state index in [1.54, 1.807) is 0 Å². The minimum atomic E-state index is 0.457. The Morgan fingerprint density at radius 3 is 2.72 bits per heavy atom. The normalized spacial score (nSPS) is 11.1. The van der Waals surface area contributed by atoms with Crippen molar-refractivity contribution in [1.82, 2.24) is 4.98 Å². The quantitative estimate of drug-likeness (QED) is 0.836. The van der Waals surface area contributed by atoms with Gasteiger partial charge in [-0.05, 0) is 44.5 Å². The number of hydrogen-bond donors (Lipinski definition) is 1. The van der Waals surface area contributed by atoms with Crippen molar-refractivity contribution < 1.29 is 0 Å². The fourth-order valence-corrected chi connectivity index (χ4v) is 2.31. The van der Waals surface area contributed by atoms with E-state index in [1.807, 2.05) is 24.4 Å². The minimum absolute atomic E-state index is 0.457. The smallest absolute Gasteiger partial charge is 0.0956 e.